The number of aryl methyl sites for hydroxylation is 1. The maximum Gasteiger partial charge on any atom is 0.317 e. The molecule has 1 aliphatic rings. The fourth-order valence-corrected chi connectivity index (χ4v) is 3.11. The summed E-state index contributed by atoms with van der Waals surface area (Å²) >= 11 is 0. The predicted molar refractivity (Wildman–Crippen MR) is 97.8 cm³/mol. The van der Waals surface area contributed by atoms with Crippen LogP contribution in [-0.2, 0) is 11.2 Å². The zero-order valence-electron chi connectivity index (χ0n) is 15.4. The Bertz CT molecular complexity index is 725. The lowest BCUT2D eigenvalue weighted by molar-refractivity contribution is 0.0436. The number of rotatable bonds is 6. The van der Waals surface area contributed by atoms with Crippen molar-refractivity contribution in [3.63, 3.8) is 0 Å². The van der Waals surface area contributed by atoms with Crippen LogP contribution in [0.3, 0.4) is 0 Å². The number of amides is 2. The molecule has 25 heavy (non-hydrogen) atoms. The van der Waals surface area contributed by atoms with E-state index in [0.717, 1.165) is 42.9 Å². The normalized spacial score (nSPS) is 17.6. The lowest BCUT2D eigenvalue weighted by Crippen LogP contribution is -2.40. The molecule has 2 amide bonds. The smallest absolute Gasteiger partial charge is 0.317 e. The average molecular weight is 344 g/mol. The summed E-state index contributed by atoms with van der Waals surface area (Å²) < 4.78 is 7.86. The summed E-state index contributed by atoms with van der Waals surface area (Å²) in [6.07, 6.45) is 5.85. The van der Waals surface area contributed by atoms with Crippen LogP contribution in [0.25, 0.3) is 5.65 Å². The maximum atomic E-state index is 12.3. The minimum Gasteiger partial charge on any atom is -0.376 e. The van der Waals surface area contributed by atoms with E-state index in [1.807, 2.05) is 27.8 Å². The molecule has 3 heterocycles. The molecule has 3 rings (SSSR count). The first-order valence-electron chi connectivity index (χ1n) is 9.10. The highest BCUT2D eigenvalue weighted by atomic mass is 16.5. The van der Waals surface area contributed by atoms with Crippen molar-refractivity contribution in [1.82, 2.24) is 19.6 Å². The number of hydrogen-bond acceptors (Lipinski definition) is 3. The van der Waals surface area contributed by atoms with Gasteiger partial charge in [0, 0.05) is 45.1 Å². The fourth-order valence-electron chi connectivity index (χ4n) is 3.11. The van der Waals surface area contributed by atoms with Gasteiger partial charge in [-0.3, -0.25) is 0 Å². The van der Waals surface area contributed by atoms with Crippen molar-refractivity contribution in [3.8, 4) is 0 Å². The molecule has 6 heteroatoms. The third-order valence-electron chi connectivity index (χ3n) is 4.48. The molecule has 0 aliphatic carbocycles. The molecule has 2 aromatic heterocycles. The quantitative estimate of drug-likeness (QED) is 0.876. The van der Waals surface area contributed by atoms with Gasteiger partial charge in [-0.15, -0.1) is 0 Å². The number of fused-ring (bicyclic) bond motifs is 1. The van der Waals surface area contributed by atoms with Crippen molar-refractivity contribution in [2.75, 3.05) is 26.2 Å². The zero-order valence-corrected chi connectivity index (χ0v) is 15.4. The van der Waals surface area contributed by atoms with Gasteiger partial charge in [0.1, 0.15) is 5.65 Å². The minimum atomic E-state index is -0.00408. The highest BCUT2D eigenvalue weighted by Crippen LogP contribution is 2.14. The number of nitrogens with one attached hydrogen (secondary N) is 1. The molecule has 1 aliphatic heterocycles. The lowest BCUT2D eigenvalue weighted by Gasteiger charge is -2.18. The van der Waals surface area contributed by atoms with Gasteiger partial charge in [-0.25, -0.2) is 9.78 Å². The second-order valence-electron chi connectivity index (χ2n) is 7.22. The number of aromatic nitrogens is 2. The van der Waals surface area contributed by atoms with Crippen LogP contribution in [-0.4, -0.2) is 52.7 Å². The number of nitrogens with zero attached hydrogens (tertiary/aromatic N) is 3. The van der Waals surface area contributed by atoms with E-state index in [1.54, 1.807) is 0 Å². The van der Waals surface area contributed by atoms with Crippen molar-refractivity contribution < 1.29 is 9.53 Å². The van der Waals surface area contributed by atoms with E-state index in [9.17, 15) is 4.79 Å². The Morgan fingerprint density at radius 1 is 1.48 bits per heavy atom. The topological polar surface area (TPSA) is 58.9 Å². The van der Waals surface area contributed by atoms with E-state index in [-0.39, 0.29) is 12.1 Å². The third kappa shape index (κ3) is 4.51. The number of carbonyl (C=O) groups excluding carboxylic acids is 1. The van der Waals surface area contributed by atoms with Crippen LogP contribution < -0.4 is 5.32 Å². The van der Waals surface area contributed by atoms with Gasteiger partial charge in [0.2, 0.25) is 0 Å². The summed E-state index contributed by atoms with van der Waals surface area (Å²) in [7, 11) is 0. The Morgan fingerprint density at radius 3 is 3.08 bits per heavy atom. The van der Waals surface area contributed by atoms with E-state index in [2.05, 4.69) is 37.1 Å². The summed E-state index contributed by atoms with van der Waals surface area (Å²) in [4.78, 5) is 18.8. The van der Waals surface area contributed by atoms with Crippen LogP contribution in [0.1, 0.15) is 31.5 Å². The maximum absolute atomic E-state index is 12.3. The van der Waals surface area contributed by atoms with Gasteiger partial charge in [0.15, 0.2) is 0 Å². The van der Waals surface area contributed by atoms with Gasteiger partial charge in [-0.05, 0) is 30.9 Å². The van der Waals surface area contributed by atoms with Crippen LogP contribution in [0.15, 0.2) is 24.5 Å². The van der Waals surface area contributed by atoms with Crippen LogP contribution in [0, 0.1) is 12.8 Å². The summed E-state index contributed by atoms with van der Waals surface area (Å²) in [6.45, 7) is 9.14. The van der Waals surface area contributed by atoms with Crippen molar-refractivity contribution in [2.24, 2.45) is 5.92 Å². The molecular weight excluding hydrogens is 316 g/mol. The van der Waals surface area contributed by atoms with E-state index in [1.165, 1.54) is 0 Å². The monoisotopic (exact) mass is 344 g/mol. The standard InChI is InChI=1S/C19H28N4O2/c1-14(2)13-25-17-7-10-23(12-17)19(24)20-8-6-16-11-22-9-4-5-15(3)18(22)21-16/h4-5,9,11,14,17H,6-8,10,12-13H2,1-3H3,(H,20,24). The van der Waals surface area contributed by atoms with Gasteiger partial charge >= 0.3 is 6.03 Å². The number of urea groups is 1. The Kier molecular flexibility index (Phi) is 5.58. The van der Waals surface area contributed by atoms with Crippen molar-refractivity contribution in [2.45, 2.75) is 39.7 Å². The number of pyridine rings is 1. The van der Waals surface area contributed by atoms with E-state index in [4.69, 9.17) is 4.74 Å². The van der Waals surface area contributed by atoms with Gasteiger partial charge in [-0.2, -0.15) is 0 Å². The first-order chi connectivity index (χ1) is 12.0. The van der Waals surface area contributed by atoms with E-state index < -0.39 is 0 Å². The first-order valence-corrected chi connectivity index (χ1v) is 9.10. The molecular formula is C19H28N4O2. The van der Waals surface area contributed by atoms with Crippen molar-refractivity contribution in [3.05, 3.63) is 35.8 Å². The molecule has 136 valence electrons. The number of ether oxygens (including phenoxy) is 1. The minimum absolute atomic E-state index is 0.00408. The van der Waals surface area contributed by atoms with Gasteiger partial charge in [-0.1, -0.05) is 19.9 Å². The van der Waals surface area contributed by atoms with Gasteiger partial charge < -0.3 is 19.4 Å². The van der Waals surface area contributed by atoms with Crippen molar-refractivity contribution >= 4 is 11.7 Å². The van der Waals surface area contributed by atoms with Crippen LogP contribution in [0.2, 0.25) is 0 Å². The van der Waals surface area contributed by atoms with Crippen molar-refractivity contribution in [1.29, 1.82) is 0 Å². The highest BCUT2D eigenvalue weighted by molar-refractivity contribution is 5.74. The molecule has 0 spiro atoms. The second-order valence-corrected chi connectivity index (χ2v) is 7.22. The lowest BCUT2D eigenvalue weighted by atomic mass is 10.2. The molecule has 0 radical (unpaired) electrons. The molecule has 0 saturated carbocycles. The number of likely N-dealkylation sites (tertiary alicyclic amines) is 1. The number of hydrogen-bond donors (Lipinski definition) is 1. The van der Waals surface area contributed by atoms with Crippen LogP contribution in [0.5, 0.6) is 0 Å². The van der Waals surface area contributed by atoms with Crippen LogP contribution >= 0.6 is 0 Å². The average Bonchev–Trinajstić information content (AvgIpc) is 3.20. The Labute approximate surface area is 149 Å². The Morgan fingerprint density at radius 2 is 2.32 bits per heavy atom. The number of carbonyl (C=O) groups is 1. The number of imidazole rings is 1. The summed E-state index contributed by atoms with van der Waals surface area (Å²) in [5, 5.41) is 3.00. The molecule has 1 atom stereocenters. The molecule has 1 fully saturated rings. The van der Waals surface area contributed by atoms with Gasteiger partial charge in [0.05, 0.1) is 11.8 Å². The summed E-state index contributed by atoms with van der Waals surface area (Å²) in [5.41, 5.74) is 3.13. The largest absolute Gasteiger partial charge is 0.376 e. The third-order valence-corrected chi connectivity index (χ3v) is 4.48. The molecule has 6 nitrogen and oxygen atoms in total. The van der Waals surface area contributed by atoms with Crippen LogP contribution in [0.4, 0.5) is 4.79 Å². The molecule has 1 saturated heterocycles. The summed E-state index contributed by atoms with van der Waals surface area (Å²) in [5.74, 6) is 0.525. The highest BCUT2D eigenvalue weighted by Gasteiger charge is 2.26. The molecule has 1 unspecified atom stereocenters. The molecule has 0 bridgehead atoms. The predicted octanol–water partition coefficient (Wildman–Crippen LogP) is 2.64. The van der Waals surface area contributed by atoms with E-state index in [0.29, 0.717) is 19.0 Å². The zero-order chi connectivity index (χ0) is 17.8. The molecule has 1 N–H and O–H groups in total. The van der Waals surface area contributed by atoms with E-state index >= 15 is 0 Å². The fraction of sp³-hybridized carbons (Fsp3) is 0.579. The second kappa shape index (κ2) is 7.87. The Balaban J connectivity index is 1.44. The summed E-state index contributed by atoms with van der Waals surface area (Å²) in [6, 6.07) is 4.07. The van der Waals surface area contributed by atoms with Gasteiger partial charge in [0.25, 0.3) is 0 Å². The Hall–Kier alpha value is -2.08. The SMILES string of the molecule is Cc1cccn2cc(CCNC(=O)N3CCC(OCC(C)C)C3)nc12. The molecule has 0 aromatic carbocycles. The first kappa shape index (κ1) is 17.7. The molecule has 2 aromatic rings.